The summed E-state index contributed by atoms with van der Waals surface area (Å²) in [5, 5.41) is 17.6. The van der Waals surface area contributed by atoms with Gasteiger partial charge >= 0.3 is 0 Å². The topological polar surface area (TPSA) is 47.3 Å². The van der Waals surface area contributed by atoms with Crippen LogP contribution in [0.5, 0.6) is 0 Å². The molecule has 0 saturated heterocycles. The van der Waals surface area contributed by atoms with Crippen molar-refractivity contribution in [3.05, 3.63) is 28.2 Å². The Morgan fingerprint density at radius 2 is 2.25 bits per heavy atom. The lowest BCUT2D eigenvalue weighted by Crippen LogP contribution is -2.24. The fourth-order valence-electron chi connectivity index (χ4n) is 1.54. The summed E-state index contributed by atoms with van der Waals surface area (Å²) in [6.45, 7) is 3.97. The van der Waals surface area contributed by atoms with E-state index in [1.54, 1.807) is 0 Å². The SMILES string of the molecule is CCN(CCCO)c1ccc(C#N)cc1Br. The number of nitrogens with zero attached hydrogens (tertiary/aromatic N) is 2. The Bertz CT molecular complexity index is 387. The van der Waals surface area contributed by atoms with Crippen LogP contribution in [0, 0.1) is 11.3 Å². The van der Waals surface area contributed by atoms with Crippen molar-refractivity contribution in [2.24, 2.45) is 0 Å². The van der Waals surface area contributed by atoms with Crippen molar-refractivity contribution in [2.45, 2.75) is 13.3 Å². The summed E-state index contributed by atoms with van der Waals surface area (Å²) in [4.78, 5) is 2.17. The van der Waals surface area contributed by atoms with Gasteiger partial charge in [0.25, 0.3) is 0 Å². The molecular formula is C12H15BrN2O. The van der Waals surface area contributed by atoms with Crippen molar-refractivity contribution in [1.82, 2.24) is 0 Å². The molecule has 16 heavy (non-hydrogen) atoms. The van der Waals surface area contributed by atoms with E-state index in [1.165, 1.54) is 0 Å². The second-order valence-corrected chi connectivity index (χ2v) is 4.29. The molecule has 0 aliphatic rings. The highest BCUT2D eigenvalue weighted by Gasteiger charge is 2.08. The first kappa shape index (κ1) is 13.0. The van der Waals surface area contributed by atoms with Crippen molar-refractivity contribution < 1.29 is 5.11 Å². The predicted molar refractivity (Wildman–Crippen MR) is 68.4 cm³/mol. The van der Waals surface area contributed by atoms with E-state index in [2.05, 4.69) is 33.8 Å². The fraction of sp³-hybridized carbons (Fsp3) is 0.417. The first-order valence-electron chi connectivity index (χ1n) is 5.28. The smallest absolute Gasteiger partial charge is 0.0992 e. The quantitative estimate of drug-likeness (QED) is 0.903. The summed E-state index contributed by atoms with van der Waals surface area (Å²) in [6.07, 6.45) is 0.750. The highest BCUT2D eigenvalue weighted by atomic mass is 79.9. The molecule has 86 valence electrons. The molecule has 1 aromatic rings. The number of halogens is 1. The zero-order valence-electron chi connectivity index (χ0n) is 9.28. The minimum atomic E-state index is 0.199. The molecule has 1 aromatic carbocycles. The summed E-state index contributed by atoms with van der Waals surface area (Å²) in [5.41, 5.74) is 1.71. The maximum absolute atomic E-state index is 8.83. The van der Waals surface area contributed by atoms with Gasteiger partial charge in [0, 0.05) is 24.2 Å². The fourth-order valence-corrected chi connectivity index (χ4v) is 2.17. The third kappa shape index (κ3) is 3.22. The predicted octanol–water partition coefficient (Wildman–Crippen LogP) is 2.53. The molecule has 0 heterocycles. The van der Waals surface area contributed by atoms with E-state index < -0.39 is 0 Å². The molecule has 0 spiro atoms. The third-order valence-electron chi connectivity index (χ3n) is 2.39. The molecule has 0 aliphatic heterocycles. The van der Waals surface area contributed by atoms with Crippen LogP contribution in [-0.4, -0.2) is 24.8 Å². The summed E-state index contributed by atoms with van der Waals surface area (Å²) in [7, 11) is 0. The van der Waals surface area contributed by atoms with Crippen LogP contribution < -0.4 is 4.90 Å². The van der Waals surface area contributed by atoms with Crippen molar-refractivity contribution in [2.75, 3.05) is 24.6 Å². The molecule has 3 nitrogen and oxygen atoms in total. The van der Waals surface area contributed by atoms with Crippen LogP contribution in [0.1, 0.15) is 18.9 Å². The lowest BCUT2D eigenvalue weighted by Gasteiger charge is -2.24. The summed E-state index contributed by atoms with van der Waals surface area (Å²) in [5.74, 6) is 0. The lowest BCUT2D eigenvalue weighted by atomic mass is 10.2. The van der Waals surface area contributed by atoms with E-state index in [9.17, 15) is 0 Å². The molecule has 0 fully saturated rings. The maximum Gasteiger partial charge on any atom is 0.0992 e. The molecule has 0 bridgehead atoms. The Labute approximate surface area is 104 Å². The number of aliphatic hydroxyl groups is 1. The van der Waals surface area contributed by atoms with Gasteiger partial charge in [-0.2, -0.15) is 5.26 Å². The normalized spacial score (nSPS) is 9.88. The summed E-state index contributed by atoms with van der Waals surface area (Å²) >= 11 is 3.47. The van der Waals surface area contributed by atoms with E-state index >= 15 is 0 Å². The van der Waals surface area contributed by atoms with E-state index in [0.717, 1.165) is 29.7 Å². The van der Waals surface area contributed by atoms with Gasteiger partial charge in [-0.1, -0.05) is 0 Å². The summed E-state index contributed by atoms with van der Waals surface area (Å²) in [6, 6.07) is 7.66. The van der Waals surface area contributed by atoms with Crippen LogP contribution in [0.15, 0.2) is 22.7 Å². The molecule has 0 amide bonds. The Balaban J connectivity index is 2.89. The van der Waals surface area contributed by atoms with Crippen LogP contribution >= 0.6 is 15.9 Å². The van der Waals surface area contributed by atoms with E-state index in [1.807, 2.05) is 18.2 Å². The van der Waals surface area contributed by atoms with Gasteiger partial charge in [0.1, 0.15) is 0 Å². The minimum absolute atomic E-state index is 0.199. The van der Waals surface area contributed by atoms with Crippen molar-refractivity contribution in [3.63, 3.8) is 0 Å². The average molecular weight is 283 g/mol. The maximum atomic E-state index is 8.83. The van der Waals surface area contributed by atoms with Gasteiger partial charge in [0.2, 0.25) is 0 Å². The standard InChI is InChI=1S/C12H15BrN2O/c1-2-15(6-3-7-16)12-5-4-10(9-14)8-11(12)13/h4-5,8,16H,2-3,6-7H2,1H3. The van der Waals surface area contributed by atoms with Crippen LogP contribution in [-0.2, 0) is 0 Å². The van der Waals surface area contributed by atoms with Gasteiger partial charge in [-0.05, 0) is 47.5 Å². The Morgan fingerprint density at radius 3 is 2.75 bits per heavy atom. The molecule has 1 N–H and O–H groups in total. The van der Waals surface area contributed by atoms with Crippen LogP contribution in [0.3, 0.4) is 0 Å². The number of nitriles is 1. The lowest BCUT2D eigenvalue weighted by molar-refractivity contribution is 0.289. The second-order valence-electron chi connectivity index (χ2n) is 3.43. The van der Waals surface area contributed by atoms with E-state index in [-0.39, 0.29) is 6.61 Å². The first-order valence-corrected chi connectivity index (χ1v) is 6.07. The Kier molecular flexibility index (Phi) is 5.30. The molecule has 0 unspecified atom stereocenters. The average Bonchev–Trinajstić information content (AvgIpc) is 2.31. The second kappa shape index (κ2) is 6.51. The molecular weight excluding hydrogens is 268 g/mol. The zero-order valence-corrected chi connectivity index (χ0v) is 10.9. The number of rotatable bonds is 5. The number of hydrogen-bond donors (Lipinski definition) is 1. The highest BCUT2D eigenvalue weighted by Crippen LogP contribution is 2.27. The van der Waals surface area contributed by atoms with E-state index in [4.69, 9.17) is 10.4 Å². The number of hydrogen-bond acceptors (Lipinski definition) is 3. The molecule has 0 saturated carbocycles. The van der Waals surface area contributed by atoms with Gasteiger partial charge in [0.15, 0.2) is 0 Å². The molecule has 0 aromatic heterocycles. The molecule has 0 aliphatic carbocycles. The van der Waals surface area contributed by atoms with Crippen molar-refractivity contribution in [3.8, 4) is 6.07 Å². The number of benzene rings is 1. The number of anilines is 1. The van der Waals surface area contributed by atoms with Gasteiger partial charge in [-0.3, -0.25) is 0 Å². The number of aliphatic hydroxyl groups excluding tert-OH is 1. The first-order chi connectivity index (χ1) is 7.72. The molecule has 0 atom stereocenters. The summed E-state index contributed by atoms with van der Waals surface area (Å²) < 4.78 is 0.923. The largest absolute Gasteiger partial charge is 0.396 e. The van der Waals surface area contributed by atoms with E-state index in [0.29, 0.717) is 5.56 Å². The molecule has 1 rings (SSSR count). The monoisotopic (exact) mass is 282 g/mol. The molecule has 4 heteroatoms. The molecule has 0 radical (unpaired) electrons. The van der Waals surface area contributed by atoms with Crippen LogP contribution in [0.2, 0.25) is 0 Å². The van der Waals surface area contributed by atoms with Crippen LogP contribution in [0.4, 0.5) is 5.69 Å². The Hall–Kier alpha value is -1.05. The van der Waals surface area contributed by atoms with Crippen molar-refractivity contribution >= 4 is 21.6 Å². The van der Waals surface area contributed by atoms with Crippen LogP contribution in [0.25, 0.3) is 0 Å². The van der Waals surface area contributed by atoms with Gasteiger partial charge in [-0.15, -0.1) is 0 Å². The van der Waals surface area contributed by atoms with Gasteiger partial charge in [0.05, 0.1) is 17.3 Å². The minimum Gasteiger partial charge on any atom is -0.396 e. The van der Waals surface area contributed by atoms with Crippen molar-refractivity contribution in [1.29, 1.82) is 5.26 Å². The third-order valence-corrected chi connectivity index (χ3v) is 3.02. The highest BCUT2D eigenvalue weighted by molar-refractivity contribution is 9.10. The van der Waals surface area contributed by atoms with Gasteiger partial charge in [-0.25, -0.2) is 0 Å². The zero-order chi connectivity index (χ0) is 12.0. The van der Waals surface area contributed by atoms with Gasteiger partial charge < -0.3 is 10.0 Å². The Morgan fingerprint density at radius 1 is 1.50 bits per heavy atom.